The van der Waals surface area contributed by atoms with Crippen LogP contribution in [0.4, 0.5) is 0 Å². The van der Waals surface area contributed by atoms with Crippen molar-refractivity contribution in [3.8, 4) is 0 Å². The van der Waals surface area contributed by atoms with Crippen LogP contribution in [0, 0.1) is 5.92 Å². The maximum atomic E-state index is 11.9. The number of hydrogen-bond donors (Lipinski definition) is 1. The predicted octanol–water partition coefficient (Wildman–Crippen LogP) is 3.99. The Morgan fingerprint density at radius 1 is 1.29 bits per heavy atom. The van der Waals surface area contributed by atoms with Crippen LogP contribution in [-0.2, 0) is 0 Å². The van der Waals surface area contributed by atoms with E-state index in [2.05, 4.69) is 5.32 Å². The molecule has 1 N–H and O–H groups in total. The van der Waals surface area contributed by atoms with E-state index in [0.717, 1.165) is 0 Å². The van der Waals surface area contributed by atoms with Gasteiger partial charge in [0.05, 0.1) is 21.0 Å². The van der Waals surface area contributed by atoms with Crippen molar-refractivity contribution in [3.63, 3.8) is 0 Å². The number of alkyl halides is 1. The van der Waals surface area contributed by atoms with Crippen LogP contribution < -0.4 is 5.32 Å². The number of halogens is 3. The van der Waals surface area contributed by atoms with Crippen LogP contribution >= 0.6 is 34.8 Å². The Hall–Kier alpha value is -0.440. The zero-order valence-corrected chi connectivity index (χ0v) is 11.9. The third-order valence-electron chi connectivity index (χ3n) is 2.37. The molecule has 5 heteroatoms. The highest BCUT2D eigenvalue weighted by Gasteiger charge is 2.16. The summed E-state index contributed by atoms with van der Waals surface area (Å²) < 4.78 is 0. The molecule has 1 aromatic rings. The molecule has 1 amide bonds. The second-order valence-electron chi connectivity index (χ2n) is 4.07. The van der Waals surface area contributed by atoms with Crippen molar-refractivity contribution >= 4 is 40.7 Å². The molecule has 0 fully saturated rings. The minimum atomic E-state index is -0.299. The zero-order valence-electron chi connectivity index (χ0n) is 9.64. The summed E-state index contributed by atoms with van der Waals surface area (Å²) in [5.41, 5.74) is 0.295. The molecule has 0 bridgehead atoms. The van der Waals surface area contributed by atoms with Gasteiger partial charge in [0.2, 0.25) is 0 Å². The van der Waals surface area contributed by atoms with Crippen molar-refractivity contribution in [2.45, 2.75) is 19.2 Å². The lowest BCUT2D eigenvalue weighted by Crippen LogP contribution is -2.32. The molecule has 94 valence electrons. The van der Waals surface area contributed by atoms with Gasteiger partial charge in [0.25, 0.3) is 5.91 Å². The van der Waals surface area contributed by atoms with Crippen molar-refractivity contribution < 1.29 is 4.79 Å². The third kappa shape index (κ3) is 4.06. The smallest absolute Gasteiger partial charge is 0.254 e. The Morgan fingerprint density at radius 2 is 1.82 bits per heavy atom. The molecule has 0 radical (unpaired) electrons. The summed E-state index contributed by atoms with van der Waals surface area (Å²) in [4.78, 5) is 11.9. The minimum absolute atomic E-state index is 0.111. The highest BCUT2D eigenvalue weighted by molar-refractivity contribution is 6.39. The Labute approximate surface area is 116 Å². The van der Waals surface area contributed by atoms with Crippen LogP contribution in [0.15, 0.2) is 18.2 Å². The second kappa shape index (κ2) is 6.48. The monoisotopic (exact) mass is 293 g/mol. The molecule has 0 aromatic heterocycles. The van der Waals surface area contributed by atoms with E-state index in [-0.39, 0.29) is 11.3 Å². The second-order valence-corrected chi connectivity index (χ2v) is 5.44. The lowest BCUT2D eigenvalue weighted by molar-refractivity contribution is 0.0952. The maximum absolute atomic E-state index is 11.9. The van der Waals surface area contributed by atoms with Gasteiger partial charge in [-0.2, -0.15) is 0 Å². The van der Waals surface area contributed by atoms with Gasteiger partial charge in [-0.1, -0.05) is 43.1 Å². The number of nitrogens with one attached hydrogen (secondary N) is 1. The lowest BCUT2D eigenvalue weighted by atomic mass is 10.1. The Balaban J connectivity index is 2.71. The Bertz CT molecular complexity index is 386. The van der Waals surface area contributed by atoms with Crippen LogP contribution in [0.1, 0.15) is 24.2 Å². The SMILES string of the molecule is CC(C)C(Cl)CNC(=O)c1c(Cl)cccc1Cl. The fraction of sp³-hybridized carbons (Fsp3) is 0.417. The molecule has 1 rings (SSSR count). The molecular formula is C12H14Cl3NO. The lowest BCUT2D eigenvalue weighted by Gasteiger charge is -2.14. The minimum Gasteiger partial charge on any atom is -0.350 e. The standard InChI is InChI=1S/C12H14Cl3NO/c1-7(2)10(15)6-16-12(17)11-8(13)4-3-5-9(11)14/h3-5,7,10H,6H2,1-2H3,(H,16,17). The predicted molar refractivity (Wildman–Crippen MR) is 73.3 cm³/mol. The van der Waals surface area contributed by atoms with Crippen LogP contribution in [-0.4, -0.2) is 17.8 Å². The van der Waals surface area contributed by atoms with Gasteiger partial charge in [-0.15, -0.1) is 11.6 Å². The van der Waals surface area contributed by atoms with Crippen molar-refractivity contribution in [1.29, 1.82) is 0 Å². The van der Waals surface area contributed by atoms with E-state index in [1.165, 1.54) is 0 Å². The summed E-state index contributed by atoms with van der Waals surface area (Å²) in [6.07, 6.45) is 0. The molecule has 17 heavy (non-hydrogen) atoms. The van der Waals surface area contributed by atoms with E-state index in [0.29, 0.717) is 28.1 Å². The summed E-state index contributed by atoms with van der Waals surface area (Å²) in [5, 5.41) is 3.29. The molecule has 0 saturated heterocycles. The van der Waals surface area contributed by atoms with E-state index in [1.54, 1.807) is 18.2 Å². The van der Waals surface area contributed by atoms with Gasteiger partial charge in [0, 0.05) is 6.54 Å². The largest absolute Gasteiger partial charge is 0.350 e. The number of carbonyl (C=O) groups is 1. The molecule has 1 unspecified atom stereocenters. The molecule has 0 saturated carbocycles. The molecule has 0 aliphatic heterocycles. The van der Waals surface area contributed by atoms with E-state index >= 15 is 0 Å². The Morgan fingerprint density at radius 3 is 2.29 bits per heavy atom. The highest BCUT2D eigenvalue weighted by atomic mass is 35.5. The number of amides is 1. The summed E-state index contributed by atoms with van der Waals surface area (Å²) in [7, 11) is 0. The molecule has 0 aliphatic carbocycles. The van der Waals surface area contributed by atoms with Gasteiger partial charge < -0.3 is 5.32 Å². The summed E-state index contributed by atoms with van der Waals surface area (Å²) in [6.45, 7) is 4.37. The molecule has 1 aromatic carbocycles. The number of rotatable bonds is 4. The van der Waals surface area contributed by atoms with Gasteiger partial charge in [0.15, 0.2) is 0 Å². The third-order valence-corrected chi connectivity index (χ3v) is 3.66. The van der Waals surface area contributed by atoms with Gasteiger partial charge in [-0.05, 0) is 18.1 Å². The number of benzene rings is 1. The van der Waals surface area contributed by atoms with Crippen LogP contribution in [0.5, 0.6) is 0 Å². The number of hydrogen-bond acceptors (Lipinski definition) is 1. The summed E-state index contributed by atoms with van der Waals surface area (Å²) in [6, 6.07) is 4.95. The van der Waals surface area contributed by atoms with Gasteiger partial charge in [-0.3, -0.25) is 4.79 Å². The summed E-state index contributed by atoms with van der Waals surface area (Å²) in [5.74, 6) is -0.00872. The van der Waals surface area contributed by atoms with E-state index in [4.69, 9.17) is 34.8 Å². The average molecular weight is 295 g/mol. The molecule has 0 aliphatic rings. The first-order valence-corrected chi connectivity index (χ1v) is 6.49. The average Bonchev–Trinajstić information content (AvgIpc) is 2.25. The quantitative estimate of drug-likeness (QED) is 0.836. The molecule has 1 atom stereocenters. The van der Waals surface area contributed by atoms with Crippen LogP contribution in [0.25, 0.3) is 0 Å². The van der Waals surface area contributed by atoms with E-state index in [1.807, 2.05) is 13.8 Å². The first-order chi connectivity index (χ1) is 7.93. The van der Waals surface area contributed by atoms with Crippen LogP contribution in [0.3, 0.4) is 0 Å². The Kier molecular flexibility index (Phi) is 5.57. The first-order valence-electron chi connectivity index (χ1n) is 5.29. The van der Waals surface area contributed by atoms with Crippen molar-refractivity contribution in [2.24, 2.45) is 5.92 Å². The van der Waals surface area contributed by atoms with Gasteiger partial charge in [0.1, 0.15) is 0 Å². The van der Waals surface area contributed by atoms with Gasteiger partial charge >= 0.3 is 0 Å². The van der Waals surface area contributed by atoms with Crippen molar-refractivity contribution in [2.75, 3.05) is 6.54 Å². The molecule has 0 spiro atoms. The normalized spacial score (nSPS) is 12.6. The molecule has 2 nitrogen and oxygen atoms in total. The first kappa shape index (κ1) is 14.6. The molecule has 0 heterocycles. The van der Waals surface area contributed by atoms with Crippen LogP contribution in [0.2, 0.25) is 10.0 Å². The summed E-state index contributed by atoms with van der Waals surface area (Å²) >= 11 is 17.9. The topological polar surface area (TPSA) is 29.1 Å². The highest BCUT2D eigenvalue weighted by Crippen LogP contribution is 2.24. The molecular weight excluding hydrogens is 280 g/mol. The fourth-order valence-electron chi connectivity index (χ4n) is 1.23. The maximum Gasteiger partial charge on any atom is 0.254 e. The van der Waals surface area contributed by atoms with Crippen molar-refractivity contribution in [3.05, 3.63) is 33.8 Å². The fourth-order valence-corrected chi connectivity index (χ4v) is 1.88. The zero-order chi connectivity index (χ0) is 13.0. The van der Waals surface area contributed by atoms with E-state index < -0.39 is 0 Å². The van der Waals surface area contributed by atoms with Crippen molar-refractivity contribution in [1.82, 2.24) is 5.32 Å². The van der Waals surface area contributed by atoms with Gasteiger partial charge in [-0.25, -0.2) is 0 Å². The number of carbonyl (C=O) groups excluding carboxylic acids is 1. The van der Waals surface area contributed by atoms with E-state index in [9.17, 15) is 4.79 Å².